The molecule has 2 amide bonds. The molecule has 45 heavy (non-hydrogen) atoms. The molecule has 1 atom stereocenters. The van der Waals surface area contributed by atoms with Crippen LogP contribution in [0.3, 0.4) is 0 Å². The maximum atomic E-state index is 14.6. The molecule has 1 N–H and O–H groups in total. The van der Waals surface area contributed by atoms with Crippen molar-refractivity contribution in [2.24, 2.45) is 5.92 Å². The van der Waals surface area contributed by atoms with Crippen molar-refractivity contribution < 1.29 is 18.0 Å². The van der Waals surface area contributed by atoms with E-state index in [-0.39, 0.29) is 29.7 Å². The van der Waals surface area contributed by atoms with Gasteiger partial charge < -0.3 is 10.2 Å². The minimum Gasteiger partial charge on any atom is -0.354 e. The van der Waals surface area contributed by atoms with Crippen LogP contribution in [0.5, 0.6) is 0 Å². The van der Waals surface area contributed by atoms with Gasteiger partial charge in [0.1, 0.15) is 12.6 Å². The molecule has 0 aliphatic rings. The monoisotopic (exact) mass is 625 g/mol. The van der Waals surface area contributed by atoms with Crippen molar-refractivity contribution in [1.82, 2.24) is 10.2 Å². The third-order valence-electron chi connectivity index (χ3n) is 7.68. The molecule has 4 aromatic rings. The number of aryl methyl sites for hydroxylation is 2. The fourth-order valence-electron chi connectivity index (χ4n) is 5.15. The van der Waals surface area contributed by atoms with E-state index >= 15 is 0 Å². The Kier molecular flexibility index (Phi) is 11.5. The van der Waals surface area contributed by atoms with Gasteiger partial charge in [-0.3, -0.25) is 13.9 Å². The first-order chi connectivity index (χ1) is 21.6. The molecule has 0 heterocycles. The summed E-state index contributed by atoms with van der Waals surface area (Å²) in [7, 11) is -4.13. The summed E-state index contributed by atoms with van der Waals surface area (Å²) in [5.74, 6) is -0.536. The van der Waals surface area contributed by atoms with Crippen LogP contribution in [0.4, 0.5) is 5.69 Å². The summed E-state index contributed by atoms with van der Waals surface area (Å²) in [5.41, 5.74) is 4.05. The van der Waals surface area contributed by atoms with Crippen LogP contribution in [0.1, 0.15) is 43.0 Å². The van der Waals surface area contributed by atoms with Crippen LogP contribution in [-0.4, -0.2) is 44.3 Å². The van der Waals surface area contributed by atoms with Crippen molar-refractivity contribution in [2.75, 3.05) is 17.4 Å². The Bertz CT molecular complexity index is 1660. The molecule has 0 aliphatic heterocycles. The molecule has 0 bridgehead atoms. The highest BCUT2D eigenvalue weighted by atomic mass is 32.2. The van der Waals surface area contributed by atoms with Gasteiger partial charge in [0, 0.05) is 19.5 Å². The summed E-state index contributed by atoms with van der Waals surface area (Å²) in [6, 6.07) is 31.9. The zero-order valence-electron chi connectivity index (χ0n) is 26.5. The van der Waals surface area contributed by atoms with Crippen LogP contribution in [0.2, 0.25) is 0 Å². The van der Waals surface area contributed by atoms with Crippen molar-refractivity contribution in [3.8, 4) is 0 Å². The molecular weight excluding hydrogens is 582 g/mol. The molecular formula is C37H43N3O4S. The Morgan fingerprint density at radius 3 is 2.00 bits per heavy atom. The minimum absolute atomic E-state index is 0.0873. The molecule has 236 valence electrons. The summed E-state index contributed by atoms with van der Waals surface area (Å²) in [6.07, 6.45) is 0.853. The summed E-state index contributed by atoms with van der Waals surface area (Å²) in [5, 5.41) is 3.03. The molecule has 4 rings (SSSR count). The van der Waals surface area contributed by atoms with E-state index in [1.807, 2.05) is 94.4 Å². The van der Waals surface area contributed by atoms with Crippen molar-refractivity contribution >= 4 is 27.5 Å². The standard InChI is InChI=1S/C37H43N3O4S/c1-5-32-16-12-13-19-34(32)40(45(43,44)33-17-10-7-11-18-33)27-36(41)39(26-31-22-20-29(4)21-23-31)35(37(42)38-25-28(2)3)24-30-14-8-6-9-15-30/h6-23,28,35H,5,24-27H2,1-4H3,(H,38,42). The molecule has 0 fully saturated rings. The zero-order valence-corrected chi connectivity index (χ0v) is 27.3. The number of carbonyl (C=O) groups is 2. The number of carbonyl (C=O) groups excluding carboxylic acids is 2. The van der Waals surface area contributed by atoms with Crippen LogP contribution in [0.25, 0.3) is 0 Å². The minimum atomic E-state index is -4.13. The van der Waals surface area contributed by atoms with Gasteiger partial charge in [-0.1, -0.05) is 117 Å². The first kappa shape index (κ1) is 33.5. The van der Waals surface area contributed by atoms with Crippen molar-refractivity contribution in [3.63, 3.8) is 0 Å². The van der Waals surface area contributed by atoms with Crippen LogP contribution in [0, 0.1) is 12.8 Å². The summed E-state index contributed by atoms with van der Waals surface area (Å²) < 4.78 is 29.6. The second-order valence-corrected chi connectivity index (χ2v) is 13.5. The molecule has 7 nitrogen and oxygen atoms in total. The Morgan fingerprint density at radius 2 is 1.38 bits per heavy atom. The van der Waals surface area contributed by atoms with Gasteiger partial charge >= 0.3 is 0 Å². The highest BCUT2D eigenvalue weighted by Crippen LogP contribution is 2.28. The Labute approximate surface area is 268 Å². The van der Waals surface area contributed by atoms with Gasteiger partial charge in [0.2, 0.25) is 11.8 Å². The van der Waals surface area contributed by atoms with E-state index in [1.165, 1.54) is 21.3 Å². The molecule has 1 unspecified atom stereocenters. The highest BCUT2D eigenvalue weighted by Gasteiger charge is 2.35. The normalized spacial score (nSPS) is 12.0. The number of nitrogens with one attached hydrogen (secondary N) is 1. The number of hydrogen-bond acceptors (Lipinski definition) is 4. The fourth-order valence-corrected chi connectivity index (χ4v) is 6.63. The number of benzene rings is 4. The van der Waals surface area contributed by atoms with E-state index < -0.39 is 28.5 Å². The number of amides is 2. The average molecular weight is 626 g/mol. The average Bonchev–Trinajstić information content (AvgIpc) is 3.05. The molecule has 0 aliphatic carbocycles. The molecule has 8 heteroatoms. The van der Waals surface area contributed by atoms with Crippen molar-refractivity contribution in [3.05, 3.63) is 131 Å². The quantitative estimate of drug-likeness (QED) is 0.182. The SMILES string of the molecule is CCc1ccccc1N(CC(=O)N(Cc1ccc(C)cc1)C(Cc1ccccc1)C(=O)NCC(C)C)S(=O)(=O)c1ccccc1. The number of anilines is 1. The van der Waals surface area contributed by atoms with E-state index in [2.05, 4.69) is 5.32 Å². The third-order valence-corrected chi connectivity index (χ3v) is 9.45. The summed E-state index contributed by atoms with van der Waals surface area (Å²) in [6.45, 7) is 8.09. The molecule has 0 spiro atoms. The highest BCUT2D eigenvalue weighted by molar-refractivity contribution is 7.92. The van der Waals surface area contributed by atoms with Gasteiger partial charge in [0.25, 0.3) is 10.0 Å². The van der Waals surface area contributed by atoms with E-state index in [4.69, 9.17) is 0 Å². The smallest absolute Gasteiger partial charge is 0.264 e. The summed E-state index contributed by atoms with van der Waals surface area (Å²) in [4.78, 5) is 30.1. The number of para-hydroxylation sites is 1. The van der Waals surface area contributed by atoms with Crippen molar-refractivity contribution in [2.45, 2.75) is 58.0 Å². The van der Waals surface area contributed by atoms with Gasteiger partial charge in [0.15, 0.2) is 0 Å². The molecule has 0 saturated carbocycles. The molecule has 0 saturated heterocycles. The number of nitrogens with zero attached hydrogens (tertiary/aromatic N) is 2. The molecule has 0 radical (unpaired) electrons. The van der Waals surface area contributed by atoms with Crippen LogP contribution >= 0.6 is 0 Å². The predicted molar refractivity (Wildman–Crippen MR) is 180 cm³/mol. The van der Waals surface area contributed by atoms with Crippen LogP contribution in [0.15, 0.2) is 114 Å². The van der Waals surface area contributed by atoms with E-state index in [9.17, 15) is 18.0 Å². The fraction of sp³-hybridized carbons (Fsp3) is 0.297. The van der Waals surface area contributed by atoms with Crippen LogP contribution in [-0.2, 0) is 39.0 Å². The van der Waals surface area contributed by atoms with Gasteiger partial charge in [-0.25, -0.2) is 8.42 Å². The first-order valence-electron chi connectivity index (χ1n) is 15.4. The Balaban J connectivity index is 1.81. The van der Waals surface area contributed by atoms with Crippen molar-refractivity contribution in [1.29, 1.82) is 0 Å². The summed E-state index contributed by atoms with van der Waals surface area (Å²) >= 11 is 0. The second-order valence-electron chi connectivity index (χ2n) is 11.7. The lowest BCUT2D eigenvalue weighted by Gasteiger charge is -2.34. The van der Waals surface area contributed by atoms with Gasteiger partial charge in [0.05, 0.1) is 10.6 Å². The molecule has 4 aromatic carbocycles. The lowest BCUT2D eigenvalue weighted by Crippen LogP contribution is -2.53. The van der Waals surface area contributed by atoms with Gasteiger partial charge in [-0.2, -0.15) is 0 Å². The van der Waals surface area contributed by atoms with Crippen LogP contribution < -0.4 is 9.62 Å². The lowest BCUT2D eigenvalue weighted by atomic mass is 10.0. The van der Waals surface area contributed by atoms with E-state index in [0.717, 1.165) is 22.3 Å². The maximum absolute atomic E-state index is 14.6. The predicted octanol–water partition coefficient (Wildman–Crippen LogP) is 6.17. The number of hydrogen-bond donors (Lipinski definition) is 1. The van der Waals surface area contributed by atoms with Gasteiger partial charge in [-0.05, 0) is 54.2 Å². The first-order valence-corrected chi connectivity index (χ1v) is 16.9. The zero-order chi connectivity index (χ0) is 32.4. The molecule has 0 aromatic heterocycles. The number of rotatable bonds is 14. The second kappa shape index (κ2) is 15.5. The van der Waals surface area contributed by atoms with E-state index in [1.54, 1.807) is 30.3 Å². The maximum Gasteiger partial charge on any atom is 0.264 e. The lowest BCUT2D eigenvalue weighted by molar-refractivity contribution is -0.140. The Hall–Kier alpha value is -4.43. The van der Waals surface area contributed by atoms with E-state index in [0.29, 0.717) is 18.7 Å². The number of sulfonamides is 1. The topological polar surface area (TPSA) is 86.8 Å². The third kappa shape index (κ3) is 8.82. The van der Waals surface area contributed by atoms with Gasteiger partial charge in [-0.15, -0.1) is 0 Å². The largest absolute Gasteiger partial charge is 0.354 e. The Morgan fingerprint density at radius 1 is 0.778 bits per heavy atom.